The second kappa shape index (κ2) is 10.4. The van der Waals surface area contributed by atoms with Crippen LogP contribution in [0, 0.1) is 5.92 Å². The lowest BCUT2D eigenvalue weighted by Gasteiger charge is -2.25. The SMILES string of the molecule is CCOc1ccc(N2C(=O)C3C(c4ccc(C(=O)OC)cc4)NN(C(=O)c4cccc(Br)c4)C3C2=O)cc1. The summed E-state index contributed by atoms with van der Waals surface area (Å²) in [5.74, 6) is -2.13. The molecule has 2 saturated heterocycles. The van der Waals surface area contributed by atoms with Crippen molar-refractivity contribution >= 4 is 45.3 Å². The third-order valence-corrected chi connectivity index (χ3v) is 7.12. The van der Waals surface area contributed by atoms with Crippen molar-refractivity contribution in [2.45, 2.75) is 19.0 Å². The van der Waals surface area contributed by atoms with E-state index >= 15 is 0 Å². The Hall–Kier alpha value is -4.02. The van der Waals surface area contributed by atoms with E-state index in [-0.39, 0.29) is 0 Å². The molecule has 2 aliphatic heterocycles. The number of halogens is 1. The fraction of sp³-hybridized carbons (Fsp3) is 0.214. The van der Waals surface area contributed by atoms with Crippen molar-refractivity contribution in [2.24, 2.45) is 5.92 Å². The zero-order valence-corrected chi connectivity index (χ0v) is 22.2. The maximum atomic E-state index is 13.8. The van der Waals surface area contributed by atoms with Crippen LogP contribution in [-0.4, -0.2) is 48.5 Å². The molecule has 3 unspecified atom stereocenters. The number of amides is 3. The van der Waals surface area contributed by atoms with Crippen LogP contribution in [-0.2, 0) is 14.3 Å². The molecule has 9 nitrogen and oxygen atoms in total. The summed E-state index contributed by atoms with van der Waals surface area (Å²) in [6.45, 7) is 2.35. The highest BCUT2D eigenvalue weighted by Gasteiger charge is 2.60. The molecule has 5 rings (SSSR count). The second-order valence-electron chi connectivity index (χ2n) is 8.82. The van der Waals surface area contributed by atoms with Gasteiger partial charge in [0.25, 0.3) is 11.8 Å². The molecule has 2 fully saturated rings. The molecular formula is C28H24BrN3O6. The Bertz CT molecular complexity index is 1410. The molecule has 3 aromatic carbocycles. The van der Waals surface area contributed by atoms with Gasteiger partial charge in [0.2, 0.25) is 5.91 Å². The summed E-state index contributed by atoms with van der Waals surface area (Å²) in [6, 6.07) is 18.3. The van der Waals surface area contributed by atoms with Gasteiger partial charge in [-0.3, -0.25) is 19.4 Å². The van der Waals surface area contributed by atoms with Crippen LogP contribution >= 0.6 is 15.9 Å². The summed E-state index contributed by atoms with van der Waals surface area (Å²) < 4.78 is 11.0. The van der Waals surface area contributed by atoms with E-state index in [1.165, 1.54) is 12.1 Å². The van der Waals surface area contributed by atoms with E-state index < -0.39 is 41.7 Å². The van der Waals surface area contributed by atoms with Crippen molar-refractivity contribution in [3.63, 3.8) is 0 Å². The molecule has 38 heavy (non-hydrogen) atoms. The van der Waals surface area contributed by atoms with E-state index in [2.05, 4.69) is 21.4 Å². The van der Waals surface area contributed by atoms with Gasteiger partial charge in [0.15, 0.2) is 0 Å². The highest BCUT2D eigenvalue weighted by molar-refractivity contribution is 9.10. The number of carbonyl (C=O) groups excluding carboxylic acids is 4. The third kappa shape index (κ3) is 4.46. The minimum atomic E-state index is -1.06. The van der Waals surface area contributed by atoms with Gasteiger partial charge in [-0.2, -0.15) is 0 Å². The fourth-order valence-electron chi connectivity index (χ4n) is 4.87. The Morgan fingerprint density at radius 1 is 0.947 bits per heavy atom. The number of esters is 1. The smallest absolute Gasteiger partial charge is 0.337 e. The van der Waals surface area contributed by atoms with E-state index in [9.17, 15) is 19.2 Å². The van der Waals surface area contributed by atoms with E-state index in [0.29, 0.717) is 39.2 Å². The number of imide groups is 1. The number of ether oxygens (including phenoxy) is 2. The first-order valence-electron chi connectivity index (χ1n) is 12.0. The molecule has 2 aliphatic rings. The van der Waals surface area contributed by atoms with Crippen molar-refractivity contribution in [2.75, 3.05) is 18.6 Å². The monoisotopic (exact) mass is 577 g/mol. The molecule has 0 radical (unpaired) electrons. The van der Waals surface area contributed by atoms with Crippen LogP contribution in [0.1, 0.15) is 39.2 Å². The van der Waals surface area contributed by atoms with Gasteiger partial charge in [0, 0.05) is 10.0 Å². The average Bonchev–Trinajstić information content (AvgIpc) is 3.45. The summed E-state index contributed by atoms with van der Waals surface area (Å²) in [5.41, 5.74) is 4.85. The van der Waals surface area contributed by atoms with Crippen LogP contribution in [0.4, 0.5) is 5.69 Å². The van der Waals surface area contributed by atoms with Crippen molar-refractivity contribution in [3.8, 4) is 5.75 Å². The van der Waals surface area contributed by atoms with Gasteiger partial charge in [-0.1, -0.05) is 34.1 Å². The molecule has 0 aromatic heterocycles. The number of fused-ring (bicyclic) bond motifs is 1. The molecule has 1 N–H and O–H groups in total. The minimum Gasteiger partial charge on any atom is -0.494 e. The molecule has 2 heterocycles. The van der Waals surface area contributed by atoms with E-state index in [1.54, 1.807) is 72.8 Å². The number of rotatable bonds is 6. The average molecular weight is 578 g/mol. The number of benzene rings is 3. The predicted molar refractivity (Wildman–Crippen MR) is 141 cm³/mol. The Morgan fingerprint density at radius 2 is 1.66 bits per heavy atom. The van der Waals surface area contributed by atoms with E-state index in [0.717, 1.165) is 4.90 Å². The lowest BCUT2D eigenvalue weighted by atomic mass is 9.90. The topological polar surface area (TPSA) is 105 Å². The largest absolute Gasteiger partial charge is 0.494 e. The summed E-state index contributed by atoms with van der Waals surface area (Å²) in [7, 11) is 1.29. The molecular weight excluding hydrogens is 554 g/mol. The first-order valence-corrected chi connectivity index (χ1v) is 12.8. The number of hydrogen-bond acceptors (Lipinski definition) is 7. The molecule has 0 bridgehead atoms. The number of anilines is 1. The van der Waals surface area contributed by atoms with Crippen molar-refractivity contribution in [3.05, 3.63) is 94.0 Å². The Balaban J connectivity index is 1.53. The maximum Gasteiger partial charge on any atom is 0.337 e. The Morgan fingerprint density at radius 3 is 2.29 bits per heavy atom. The van der Waals surface area contributed by atoms with Crippen LogP contribution < -0.4 is 15.1 Å². The highest BCUT2D eigenvalue weighted by Crippen LogP contribution is 2.42. The van der Waals surface area contributed by atoms with Crippen LogP contribution in [0.3, 0.4) is 0 Å². The van der Waals surface area contributed by atoms with Crippen molar-refractivity contribution in [1.29, 1.82) is 0 Å². The number of methoxy groups -OCH3 is 1. The van der Waals surface area contributed by atoms with Crippen LogP contribution in [0.5, 0.6) is 5.75 Å². The molecule has 194 valence electrons. The lowest BCUT2D eigenvalue weighted by Crippen LogP contribution is -2.48. The van der Waals surface area contributed by atoms with Gasteiger partial charge < -0.3 is 9.47 Å². The standard InChI is InChI=1S/C28H24BrN3O6/c1-3-38-21-13-11-20(12-14-21)31-26(34)22-23(16-7-9-17(10-8-16)28(36)37-2)30-32(24(22)27(31)35)25(33)18-5-4-6-19(29)15-18/h4-15,22-24,30H,3H2,1-2H3. The maximum absolute atomic E-state index is 13.8. The summed E-state index contributed by atoms with van der Waals surface area (Å²) in [4.78, 5) is 54.2. The van der Waals surface area contributed by atoms with E-state index in [1.807, 2.05) is 6.92 Å². The van der Waals surface area contributed by atoms with Gasteiger partial charge in [-0.25, -0.2) is 15.1 Å². The zero-order valence-electron chi connectivity index (χ0n) is 20.6. The molecule has 0 saturated carbocycles. The molecule has 3 amide bonds. The number of hydrogen-bond donors (Lipinski definition) is 1. The van der Waals surface area contributed by atoms with Crippen LogP contribution in [0.15, 0.2) is 77.3 Å². The first kappa shape index (κ1) is 25.6. The van der Waals surface area contributed by atoms with Gasteiger partial charge in [-0.05, 0) is 67.1 Å². The van der Waals surface area contributed by atoms with E-state index in [4.69, 9.17) is 9.47 Å². The lowest BCUT2D eigenvalue weighted by molar-refractivity contribution is -0.123. The summed E-state index contributed by atoms with van der Waals surface area (Å²) in [5, 5.41) is 1.25. The summed E-state index contributed by atoms with van der Waals surface area (Å²) >= 11 is 3.38. The second-order valence-corrected chi connectivity index (χ2v) is 9.73. The first-order chi connectivity index (χ1) is 18.3. The number of nitrogens with one attached hydrogen (secondary N) is 1. The molecule has 3 atom stereocenters. The normalized spacial score (nSPS) is 20.4. The molecule has 3 aromatic rings. The number of carbonyl (C=O) groups is 4. The van der Waals surface area contributed by atoms with Crippen LogP contribution in [0.25, 0.3) is 0 Å². The van der Waals surface area contributed by atoms with Gasteiger partial charge in [-0.15, -0.1) is 0 Å². The molecule has 0 aliphatic carbocycles. The quantitative estimate of drug-likeness (QED) is 0.350. The fourth-order valence-corrected chi connectivity index (χ4v) is 5.27. The third-order valence-electron chi connectivity index (χ3n) is 6.62. The van der Waals surface area contributed by atoms with Gasteiger partial charge in [0.05, 0.1) is 36.9 Å². The van der Waals surface area contributed by atoms with Crippen molar-refractivity contribution in [1.82, 2.24) is 10.4 Å². The van der Waals surface area contributed by atoms with Crippen LogP contribution in [0.2, 0.25) is 0 Å². The van der Waals surface area contributed by atoms with Gasteiger partial charge >= 0.3 is 5.97 Å². The van der Waals surface area contributed by atoms with Gasteiger partial charge in [0.1, 0.15) is 11.8 Å². The number of hydrazine groups is 1. The van der Waals surface area contributed by atoms with Crippen molar-refractivity contribution < 1.29 is 28.7 Å². The summed E-state index contributed by atoms with van der Waals surface area (Å²) in [6.07, 6.45) is 0. The highest BCUT2D eigenvalue weighted by atomic mass is 79.9. The zero-order chi connectivity index (χ0) is 27.0. The Labute approximate surface area is 227 Å². The minimum absolute atomic E-state index is 0.345. The Kier molecular flexibility index (Phi) is 7.00. The molecule has 0 spiro atoms. The predicted octanol–water partition coefficient (Wildman–Crippen LogP) is 3.89. The number of nitrogens with zero attached hydrogens (tertiary/aromatic N) is 2. The molecule has 10 heteroatoms.